The predicted octanol–water partition coefficient (Wildman–Crippen LogP) is 1.63. The van der Waals surface area contributed by atoms with E-state index in [2.05, 4.69) is 4.98 Å². The van der Waals surface area contributed by atoms with Gasteiger partial charge in [-0.3, -0.25) is 4.98 Å². The molecule has 1 rings (SSSR count). The normalized spacial score (nSPS) is 15.1. The Balaban J connectivity index is 2.99. The van der Waals surface area contributed by atoms with Crippen molar-refractivity contribution >= 4 is 0 Å². The van der Waals surface area contributed by atoms with Gasteiger partial charge in [0.1, 0.15) is 5.60 Å². The third kappa shape index (κ3) is 2.30. The second kappa shape index (κ2) is 4.53. The second-order valence-corrected chi connectivity index (χ2v) is 3.57. The molecular weight excluding hydrogens is 178 g/mol. The molecule has 3 heteroatoms. The van der Waals surface area contributed by atoms with E-state index in [0.717, 1.165) is 11.1 Å². The van der Waals surface area contributed by atoms with E-state index in [1.807, 2.05) is 19.9 Å². The Morgan fingerprint density at radius 3 is 2.71 bits per heavy atom. The molecule has 0 aliphatic carbocycles. The van der Waals surface area contributed by atoms with Crippen LogP contribution in [0.2, 0.25) is 0 Å². The quantitative estimate of drug-likeness (QED) is 0.794. The Hall–Kier alpha value is -0.930. The number of methoxy groups -OCH3 is 1. The molecule has 1 atom stereocenters. The third-order valence-corrected chi connectivity index (χ3v) is 2.38. The molecule has 14 heavy (non-hydrogen) atoms. The fourth-order valence-electron chi connectivity index (χ4n) is 1.44. The van der Waals surface area contributed by atoms with E-state index >= 15 is 0 Å². The smallest absolute Gasteiger partial charge is 0.114 e. The highest BCUT2D eigenvalue weighted by atomic mass is 16.5. The van der Waals surface area contributed by atoms with E-state index in [0.29, 0.717) is 13.0 Å². The Morgan fingerprint density at radius 1 is 1.50 bits per heavy atom. The monoisotopic (exact) mass is 195 g/mol. The lowest BCUT2D eigenvalue weighted by atomic mass is 9.93. The summed E-state index contributed by atoms with van der Waals surface area (Å²) in [5.41, 5.74) is 0.959. The maximum atomic E-state index is 10.3. The molecule has 1 heterocycles. The molecule has 0 fully saturated rings. The molecule has 0 aliphatic rings. The van der Waals surface area contributed by atoms with Crippen molar-refractivity contribution in [3.8, 4) is 0 Å². The van der Waals surface area contributed by atoms with Crippen molar-refractivity contribution in [2.24, 2.45) is 0 Å². The summed E-state index contributed by atoms with van der Waals surface area (Å²) < 4.78 is 5.01. The SMILES string of the molecule is CCC(O)(COC)c1cncc(C)c1. The number of rotatable bonds is 4. The molecule has 3 nitrogen and oxygen atoms in total. The number of hydrogen-bond donors (Lipinski definition) is 1. The summed E-state index contributed by atoms with van der Waals surface area (Å²) in [6, 6.07) is 1.94. The molecule has 1 aromatic heterocycles. The van der Waals surface area contributed by atoms with Crippen LogP contribution in [-0.2, 0) is 10.3 Å². The molecular formula is C11H17NO2. The number of pyridine rings is 1. The fraction of sp³-hybridized carbons (Fsp3) is 0.545. The number of aliphatic hydroxyl groups is 1. The first-order chi connectivity index (χ1) is 6.62. The highest BCUT2D eigenvalue weighted by Crippen LogP contribution is 2.24. The van der Waals surface area contributed by atoms with Gasteiger partial charge in [-0.1, -0.05) is 13.0 Å². The molecule has 78 valence electrons. The number of aryl methyl sites for hydroxylation is 1. The van der Waals surface area contributed by atoms with E-state index in [1.54, 1.807) is 19.5 Å². The van der Waals surface area contributed by atoms with Gasteiger partial charge in [-0.25, -0.2) is 0 Å². The molecule has 0 aliphatic heterocycles. The first kappa shape index (κ1) is 11.1. The molecule has 0 amide bonds. The average Bonchev–Trinajstić information content (AvgIpc) is 2.18. The predicted molar refractivity (Wildman–Crippen MR) is 55.0 cm³/mol. The van der Waals surface area contributed by atoms with Gasteiger partial charge in [-0.15, -0.1) is 0 Å². The van der Waals surface area contributed by atoms with Crippen LogP contribution in [0.4, 0.5) is 0 Å². The third-order valence-electron chi connectivity index (χ3n) is 2.38. The van der Waals surface area contributed by atoms with Gasteiger partial charge in [-0.05, 0) is 18.9 Å². The summed E-state index contributed by atoms with van der Waals surface area (Å²) in [7, 11) is 1.59. The Labute approximate surface area is 84.7 Å². The number of hydrogen-bond acceptors (Lipinski definition) is 3. The molecule has 1 unspecified atom stereocenters. The molecule has 1 N–H and O–H groups in total. The van der Waals surface area contributed by atoms with Crippen LogP contribution >= 0.6 is 0 Å². The standard InChI is InChI=1S/C11H17NO2/c1-4-11(13,8-14-3)10-5-9(2)6-12-7-10/h5-7,13H,4,8H2,1-3H3. The molecule has 0 saturated carbocycles. The van der Waals surface area contributed by atoms with Crippen molar-refractivity contribution in [1.29, 1.82) is 0 Å². The van der Waals surface area contributed by atoms with E-state index in [9.17, 15) is 5.11 Å². The maximum absolute atomic E-state index is 10.3. The topological polar surface area (TPSA) is 42.4 Å². The van der Waals surface area contributed by atoms with E-state index in [-0.39, 0.29) is 0 Å². The minimum atomic E-state index is -0.909. The van der Waals surface area contributed by atoms with Crippen LogP contribution in [0.25, 0.3) is 0 Å². The Kier molecular flexibility index (Phi) is 3.61. The molecule has 0 spiro atoms. The van der Waals surface area contributed by atoms with Gasteiger partial charge in [0.25, 0.3) is 0 Å². The van der Waals surface area contributed by atoms with Crippen LogP contribution in [0.5, 0.6) is 0 Å². The molecule has 0 radical (unpaired) electrons. The minimum absolute atomic E-state index is 0.300. The summed E-state index contributed by atoms with van der Waals surface area (Å²) in [4.78, 5) is 4.06. The zero-order chi connectivity index (χ0) is 10.6. The Morgan fingerprint density at radius 2 is 2.21 bits per heavy atom. The van der Waals surface area contributed by atoms with Crippen LogP contribution in [0, 0.1) is 6.92 Å². The number of aromatic nitrogens is 1. The van der Waals surface area contributed by atoms with E-state index in [1.165, 1.54) is 0 Å². The van der Waals surface area contributed by atoms with Crippen LogP contribution in [0.1, 0.15) is 24.5 Å². The zero-order valence-corrected chi connectivity index (χ0v) is 8.95. The van der Waals surface area contributed by atoms with Crippen molar-refractivity contribution < 1.29 is 9.84 Å². The Bertz CT molecular complexity index is 301. The highest BCUT2D eigenvalue weighted by molar-refractivity contribution is 5.23. The van der Waals surface area contributed by atoms with Gasteiger partial charge in [-0.2, -0.15) is 0 Å². The molecule has 0 bridgehead atoms. The fourth-order valence-corrected chi connectivity index (χ4v) is 1.44. The van der Waals surface area contributed by atoms with Crippen LogP contribution in [0.3, 0.4) is 0 Å². The largest absolute Gasteiger partial charge is 0.383 e. The van der Waals surface area contributed by atoms with Gasteiger partial charge in [0.2, 0.25) is 0 Å². The maximum Gasteiger partial charge on any atom is 0.114 e. The summed E-state index contributed by atoms with van der Waals surface area (Å²) in [5, 5.41) is 10.3. The number of nitrogens with zero attached hydrogens (tertiary/aromatic N) is 1. The van der Waals surface area contributed by atoms with Gasteiger partial charge in [0.15, 0.2) is 0 Å². The lowest BCUT2D eigenvalue weighted by Gasteiger charge is -2.26. The van der Waals surface area contributed by atoms with Crippen molar-refractivity contribution in [3.05, 3.63) is 29.6 Å². The molecule has 1 aromatic rings. The summed E-state index contributed by atoms with van der Waals surface area (Å²) in [6.07, 6.45) is 4.08. The first-order valence-corrected chi connectivity index (χ1v) is 4.76. The lowest BCUT2D eigenvalue weighted by molar-refractivity contribution is -0.0389. The lowest BCUT2D eigenvalue weighted by Crippen LogP contribution is -2.30. The van der Waals surface area contributed by atoms with Crippen molar-refractivity contribution in [2.45, 2.75) is 25.9 Å². The van der Waals surface area contributed by atoms with Crippen molar-refractivity contribution in [3.63, 3.8) is 0 Å². The van der Waals surface area contributed by atoms with Gasteiger partial charge >= 0.3 is 0 Å². The summed E-state index contributed by atoms with van der Waals surface area (Å²) in [6.45, 7) is 4.19. The first-order valence-electron chi connectivity index (χ1n) is 4.76. The highest BCUT2D eigenvalue weighted by Gasteiger charge is 2.27. The van der Waals surface area contributed by atoms with Crippen LogP contribution in [-0.4, -0.2) is 23.8 Å². The minimum Gasteiger partial charge on any atom is -0.383 e. The van der Waals surface area contributed by atoms with Crippen molar-refractivity contribution in [1.82, 2.24) is 4.98 Å². The van der Waals surface area contributed by atoms with Crippen LogP contribution in [0.15, 0.2) is 18.5 Å². The van der Waals surface area contributed by atoms with Gasteiger partial charge in [0, 0.05) is 25.1 Å². The van der Waals surface area contributed by atoms with Crippen molar-refractivity contribution in [2.75, 3.05) is 13.7 Å². The molecule has 0 aromatic carbocycles. The summed E-state index contributed by atoms with van der Waals surface area (Å²) >= 11 is 0. The second-order valence-electron chi connectivity index (χ2n) is 3.57. The van der Waals surface area contributed by atoms with E-state index in [4.69, 9.17) is 4.74 Å². The van der Waals surface area contributed by atoms with Crippen LogP contribution < -0.4 is 0 Å². The van der Waals surface area contributed by atoms with E-state index < -0.39 is 5.60 Å². The zero-order valence-electron chi connectivity index (χ0n) is 8.95. The van der Waals surface area contributed by atoms with Gasteiger partial charge in [0.05, 0.1) is 6.61 Å². The molecule has 0 saturated heterocycles. The number of ether oxygens (including phenoxy) is 1. The average molecular weight is 195 g/mol. The summed E-state index contributed by atoms with van der Waals surface area (Å²) in [5.74, 6) is 0. The van der Waals surface area contributed by atoms with Gasteiger partial charge < -0.3 is 9.84 Å².